The molecule has 0 aliphatic carbocycles. The Labute approximate surface area is 158 Å². The largest absolute Gasteiger partial charge is 0.495 e. The fourth-order valence-electron chi connectivity index (χ4n) is 3.40. The number of methoxy groups -OCH3 is 1. The Balaban J connectivity index is 1.54. The molecule has 2 aromatic rings. The van der Waals surface area contributed by atoms with Gasteiger partial charge in [-0.05, 0) is 44.9 Å². The predicted molar refractivity (Wildman–Crippen MR) is 101 cm³/mol. The summed E-state index contributed by atoms with van der Waals surface area (Å²) >= 11 is 6.12. The van der Waals surface area contributed by atoms with Crippen molar-refractivity contribution < 1.29 is 14.1 Å². The molecule has 140 valence electrons. The molecule has 6 nitrogen and oxygen atoms in total. The van der Waals surface area contributed by atoms with Gasteiger partial charge in [0.25, 0.3) is 0 Å². The quantitative estimate of drug-likeness (QED) is 0.836. The summed E-state index contributed by atoms with van der Waals surface area (Å²) in [6, 6.07) is 5.71. The Morgan fingerprint density at radius 2 is 2.27 bits per heavy atom. The van der Waals surface area contributed by atoms with Crippen molar-refractivity contribution in [3.63, 3.8) is 0 Å². The van der Waals surface area contributed by atoms with Crippen LogP contribution in [-0.2, 0) is 11.2 Å². The highest BCUT2D eigenvalue weighted by Crippen LogP contribution is 2.33. The monoisotopic (exact) mass is 377 g/mol. The molecule has 7 heteroatoms. The molecule has 0 bridgehead atoms. The first-order chi connectivity index (χ1) is 12.5. The van der Waals surface area contributed by atoms with Gasteiger partial charge in [-0.1, -0.05) is 16.8 Å². The van der Waals surface area contributed by atoms with Gasteiger partial charge < -0.3 is 19.5 Å². The Morgan fingerprint density at radius 1 is 1.46 bits per heavy atom. The topological polar surface area (TPSA) is 67.6 Å². The third-order valence-corrected chi connectivity index (χ3v) is 5.05. The maximum Gasteiger partial charge on any atom is 0.220 e. The van der Waals surface area contributed by atoms with Crippen LogP contribution in [0.2, 0.25) is 5.02 Å². The van der Waals surface area contributed by atoms with Gasteiger partial charge in [0, 0.05) is 36.1 Å². The molecule has 1 fully saturated rings. The first-order valence-corrected chi connectivity index (χ1v) is 9.15. The predicted octanol–water partition coefficient (Wildman–Crippen LogP) is 3.28. The number of anilines is 1. The number of hydrogen-bond donors (Lipinski definition) is 1. The molecular formula is C19H24ClN3O3. The van der Waals surface area contributed by atoms with Crippen molar-refractivity contribution in [2.45, 2.75) is 39.2 Å². The van der Waals surface area contributed by atoms with Crippen LogP contribution in [0.1, 0.15) is 29.9 Å². The number of nitrogens with zero attached hydrogens (tertiary/aromatic N) is 2. The smallest absolute Gasteiger partial charge is 0.220 e. The number of nitrogens with one attached hydrogen (secondary N) is 1. The molecule has 1 aliphatic rings. The lowest BCUT2D eigenvalue weighted by molar-refractivity contribution is -0.121. The summed E-state index contributed by atoms with van der Waals surface area (Å²) in [5.41, 5.74) is 2.85. The second-order valence-electron chi connectivity index (χ2n) is 6.62. The number of carbonyl (C=O) groups excluding carboxylic acids is 1. The fourth-order valence-corrected chi connectivity index (χ4v) is 3.57. The van der Waals surface area contributed by atoms with Gasteiger partial charge in [0.05, 0.1) is 18.5 Å². The van der Waals surface area contributed by atoms with Crippen LogP contribution in [0, 0.1) is 13.8 Å². The zero-order valence-electron chi connectivity index (χ0n) is 15.3. The van der Waals surface area contributed by atoms with Crippen LogP contribution in [0.4, 0.5) is 5.69 Å². The van der Waals surface area contributed by atoms with E-state index in [0.29, 0.717) is 17.9 Å². The molecular weight excluding hydrogens is 354 g/mol. The number of halogens is 1. The molecule has 0 spiro atoms. The van der Waals surface area contributed by atoms with Crippen molar-refractivity contribution in [3.05, 3.63) is 40.2 Å². The Morgan fingerprint density at radius 3 is 2.96 bits per heavy atom. The number of rotatable bonds is 6. The fraction of sp³-hybridized carbons (Fsp3) is 0.474. The summed E-state index contributed by atoms with van der Waals surface area (Å²) in [5.74, 6) is 1.63. The Hall–Kier alpha value is -2.21. The maximum absolute atomic E-state index is 12.3. The van der Waals surface area contributed by atoms with Gasteiger partial charge in [0.2, 0.25) is 5.91 Å². The number of aromatic nitrogens is 1. The van der Waals surface area contributed by atoms with Crippen molar-refractivity contribution >= 4 is 23.2 Å². The van der Waals surface area contributed by atoms with E-state index in [1.165, 1.54) is 0 Å². The zero-order chi connectivity index (χ0) is 18.7. The molecule has 1 unspecified atom stereocenters. The normalized spacial score (nSPS) is 16.8. The van der Waals surface area contributed by atoms with Crippen molar-refractivity contribution in [1.29, 1.82) is 0 Å². The second kappa shape index (κ2) is 7.99. The molecule has 0 radical (unpaired) electrons. The van der Waals surface area contributed by atoms with E-state index in [4.69, 9.17) is 20.9 Å². The lowest BCUT2D eigenvalue weighted by Crippen LogP contribution is -2.37. The van der Waals surface area contributed by atoms with Crippen LogP contribution in [0.15, 0.2) is 22.7 Å². The van der Waals surface area contributed by atoms with Crippen molar-refractivity contribution in [2.75, 3.05) is 25.1 Å². The Bertz CT molecular complexity index is 771. The van der Waals surface area contributed by atoms with E-state index in [2.05, 4.69) is 15.4 Å². The average molecular weight is 378 g/mol. The highest BCUT2D eigenvalue weighted by atomic mass is 35.5. The van der Waals surface area contributed by atoms with E-state index in [0.717, 1.165) is 48.0 Å². The van der Waals surface area contributed by atoms with Gasteiger partial charge in [-0.25, -0.2) is 0 Å². The van der Waals surface area contributed by atoms with E-state index in [1.54, 1.807) is 7.11 Å². The summed E-state index contributed by atoms with van der Waals surface area (Å²) in [6.07, 6.45) is 1.97. The highest BCUT2D eigenvalue weighted by Gasteiger charge is 2.26. The first kappa shape index (κ1) is 18.6. The number of aryl methyl sites for hydroxylation is 2. The van der Waals surface area contributed by atoms with Crippen molar-refractivity contribution in [2.24, 2.45) is 0 Å². The van der Waals surface area contributed by atoms with Crippen LogP contribution in [0.5, 0.6) is 5.75 Å². The van der Waals surface area contributed by atoms with Gasteiger partial charge in [0.15, 0.2) is 0 Å². The molecule has 0 saturated carbocycles. The second-order valence-corrected chi connectivity index (χ2v) is 7.05. The lowest BCUT2D eigenvalue weighted by Gasteiger charge is -2.21. The first-order valence-electron chi connectivity index (χ1n) is 8.77. The van der Waals surface area contributed by atoms with Gasteiger partial charge >= 0.3 is 0 Å². The van der Waals surface area contributed by atoms with E-state index >= 15 is 0 Å². The lowest BCUT2D eigenvalue weighted by atomic mass is 10.1. The van der Waals surface area contributed by atoms with Crippen LogP contribution in [0.3, 0.4) is 0 Å². The number of ether oxygens (including phenoxy) is 1. The molecule has 1 amide bonds. The maximum atomic E-state index is 12.3. The summed E-state index contributed by atoms with van der Waals surface area (Å²) in [6.45, 7) is 5.37. The summed E-state index contributed by atoms with van der Waals surface area (Å²) in [7, 11) is 1.65. The number of benzene rings is 1. The molecule has 3 rings (SSSR count). The Kier molecular flexibility index (Phi) is 5.71. The van der Waals surface area contributed by atoms with Gasteiger partial charge in [0.1, 0.15) is 11.5 Å². The third-order valence-electron chi connectivity index (χ3n) is 4.82. The van der Waals surface area contributed by atoms with E-state index < -0.39 is 0 Å². The van der Waals surface area contributed by atoms with Gasteiger partial charge in [-0.2, -0.15) is 0 Å². The molecule has 1 aromatic carbocycles. The number of hydrogen-bond acceptors (Lipinski definition) is 5. The molecule has 2 heterocycles. The minimum Gasteiger partial charge on any atom is -0.495 e. The van der Waals surface area contributed by atoms with Crippen LogP contribution in [-0.4, -0.2) is 37.3 Å². The molecule has 1 aliphatic heterocycles. The van der Waals surface area contributed by atoms with Gasteiger partial charge in [-0.15, -0.1) is 0 Å². The summed E-state index contributed by atoms with van der Waals surface area (Å²) < 4.78 is 10.6. The number of carbonyl (C=O) groups is 1. The summed E-state index contributed by atoms with van der Waals surface area (Å²) in [4.78, 5) is 14.5. The van der Waals surface area contributed by atoms with Crippen LogP contribution >= 0.6 is 11.6 Å². The van der Waals surface area contributed by atoms with Crippen molar-refractivity contribution in [3.8, 4) is 5.75 Å². The molecule has 1 atom stereocenters. The molecule has 1 N–H and O–H groups in total. The zero-order valence-corrected chi connectivity index (χ0v) is 16.1. The SMILES string of the molecule is COc1ccc(Cl)cc1N1CCC(NC(=O)CCc2c(C)noc2C)C1. The van der Waals surface area contributed by atoms with Crippen LogP contribution < -0.4 is 15.0 Å². The standard InChI is InChI=1S/C19H24ClN3O3/c1-12-16(13(2)26-22-12)5-7-19(24)21-15-8-9-23(11-15)17-10-14(20)4-6-18(17)25-3/h4,6,10,15H,5,7-9,11H2,1-3H3,(H,21,24). The van der Waals surface area contributed by atoms with Crippen LogP contribution in [0.25, 0.3) is 0 Å². The minimum absolute atomic E-state index is 0.0508. The summed E-state index contributed by atoms with van der Waals surface area (Å²) in [5, 5.41) is 7.73. The molecule has 1 saturated heterocycles. The highest BCUT2D eigenvalue weighted by molar-refractivity contribution is 6.30. The average Bonchev–Trinajstić information content (AvgIpc) is 3.20. The van der Waals surface area contributed by atoms with E-state index in [9.17, 15) is 4.79 Å². The molecule has 26 heavy (non-hydrogen) atoms. The van der Waals surface area contributed by atoms with E-state index in [-0.39, 0.29) is 11.9 Å². The van der Waals surface area contributed by atoms with E-state index in [1.807, 2.05) is 32.0 Å². The van der Waals surface area contributed by atoms with Gasteiger partial charge in [-0.3, -0.25) is 4.79 Å². The minimum atomic E-state index is 0.0508. The third kappa shape index (κ3) is 4.12. The van der Waals surface area contributed by atoms with Crippen molar-refractivity contribution in [1.82, 2.24) is 10.5 Å². The number of amides is 1. The molecule has 1 aromatic heterocycles.